The van der Waals surface area contributed by atoms with Gasteiger partial charge in [-0.25, -0.2) is 0 Å². The second kappa shape index (κ2) is 6.82. The van der Waals surface area contributed by atoms with Crippen molar-refractivity contribution in [2.45, 2.75) is 6.61 Å². The third-order valence-electron chi connectivity index (χ3n) is 2.66. The number of rotatable bonds is 6. The molecule has 2 rings (SSSR count). The standard InChI is InChI=1S/C16H17O2/c1-17-16-9-7-14(8-10-16)11-12-18-13-15-5-3-2-4-6-15/h2-11H,12-13H2,1H3. The molecule has 0 amide bonds. The van der Waals surface area contributed by atoms with Crippen LogP contribution in [0.15, 0.2) is 54.6 Å². The van der Waals surface area contributed by atoms with Crippen LogP contribution in [0.3, 0.4) is 0 Å². The van der Waals surface area contributed by atoms with Crippen molar-refractivity contribution in [2.75, 3.05) is 13.7 Å². The average molecular weight is 241 g/mol. The topological polar surface area (TPSA) is 18.5 Å². The molecule has 2 aromatic rings. The molecule has 0 N–H and O–H groups in total. The molecule has 0 spiro atoms. The number of hydrogen-bond acceptors (Lipinski definition) is 2. The molecule has 2 nitrogen and oxygen atoms in total. The lowest BCUT2D eigenvalue weighted by molar-refractivity contribution is 0.142. The molecule has 0 atom stereocenters. The van der Waals surface area contributed by atoms with Crippen LogP contribution in [0, 0.1) is 6.42 Å². The molecule has 2 aromatic carbocycles. The van der Waals surface area contributed by atoms with Gasteiger partial charge in [-0.05, 0) is 23.3 Å². The van der Waals surface area contributed by atoms with Crippen LogP contribution in [0.5, 0.6) is 5.75 Å². The summed E-state index contributed by atoms with van der Waals surface area (Å²) in [6.45, 7) is 1.26. The fraction of sp³-hybridized carbons (Fsp3) is 0.188. The van der Waals surface area contributed by atoms with Crippen molar-refractivity contribution >= 4 is 0 Å². The van der Waals surface area contributed by atoms with Gasteiger partial charge in [-0.15, -0.1) is 0 Å². The van der Waals surface area contributed by atoms with E-state index in [9.17, 15) is 0 Å². The molecule has 1 radical (unpaired) electrons. The monoisotopic (exact) mass is 241 g/mol. The highest BCUT2D eigenvalue weighted by Gasteiger charge is 1.96. The molecular formula is C16H17O2. The number of hydrogen-bond donors (Lipinski definition) is 0. The van der Waals surface area contributed by atoms with Crippen LogP contribution in [-0.4, -0.2) is 13.7 Å². The molecule has 93 valence electrons. The third-order valence-corrected chi connectivity index (χ3v) is 2.66. The Bertz CT molecular complexity index is 448. The van der Waals surface area contributed by atoms with Gasteiger partial charge in [0.05, 0.1) is 20.3 Å². The predicted molar refractivity (Wildman–Crippen MR) is 72.5 cm³/mol. The van der Waals surface area contributed by atoms with E-state index in [0.717, 1.165) is 11.3 Å². The summed E-state index contributed by atoms with van der Waals surface area (Å²) in [7, 11) is 1.67. The van der Waals surface area contributed by atoms with Gasteiger partial charge in [0.2, 0.25) is 0 Å². The molecule has 0 saturated carbocycles. The first kappa shape index (κ1) is 12.7. The van der Waals surface area contributed by atoms with Crippen molar-refractivity contribution in [3.8, 4) is 5.75 Å². The fourth-order valence-electron chi connectivity index (χ4n) is 1.65. The molecule has 0 aliphatic heterocycles. The van der Waals surface area contributed by atoms with E-state index in [2.05, 4.69) is 18.6 Å². The Morgan fingerprint density at radius 3 is 2.33 bits per heavy atom. The quantitative estimate of drug-likeness (QED) is 0.721. The molecule has 2 heteroatoms. The van der Waals surface area contributed by atoms with E-state index in [1.165, 1.54) is 5.56 Å². The Kier molecular flexibility index (Phi) is 4.79. The van der Waals surface area contributed by atoms with Crippen LogP contribution in [0.4, 0.5) is 0 Å². The van der Waals surface area contributed by atoms with Gasteiger partial charge in [-0.3, -0.25) is 0 Å². The molecule has 0 aliphatic rings. The van der Waals surface area contributed by atoms with Crippen LogP contribution < -0.4 is 4.74 Å². The van der Waals surface area contributed by atoms with Gasteiger partial charge in [0.1, 0.15) is 5.75 Å². The number of methoxy groups -OCH3 is 1. The normalized spacial score (nSPS) is 10.3. The van der Waals surface area contributed by atoms with E-state index in [4.69, 9.17) is 9.47 Å². The van der Waals surface area contributed by atoms with Gasteiger partial charge in [0, 0.05) is 6.42 Å². The molecule has 18 heavy (non-hydrogen) atoms. The molecule has 0 aromatic heterocycles. The summed E-state index contributed by atoms with van der Waals surface area (Å²) < 4.78 is 10.7. The largest absolute Gasteiger partial charge is 0.497 e. The highest BCUT2D eigenvalue weighted by Crippen LogP contribution is 2.12. The molecule has 0 unspecified atom stereocenters. The van der Waals surface area contributed by atoms with Gasteiger partial charge < -0.3 is 9.47 Å². The maximum Gasteiger partial charge on any atom is 0.118 e. The molecule has 0 saturated heterocycles. The van der Waals surface area contributed by atoms with Gasteiger partial charge in [0.15, 0.2) is 0 Å². The van der Waals surface area contributed by atoms with E-state index >= 15 is 0 Å². The number of ether oxygens (including phenoxy) is 2. The SMILES string of the molecule is COc1ccc([CH]COCc2ccccc2)cc1. The summed E-state index contributed by atoms with van der Waals surface area (Å²) in [6, 6.07) is 18.1. The van der Waals surface area contributed by atoms with Gasteiger partial charge in [-0.2, -0.15) is 0 Å². The highest BCUT2D eigenvalue weighted by molar-refractivity contribution is 5.31. The van der Waals surface area contributed by atoms with Crippen molar-refractivity contribution in [3.05, 3.63) is 72.1 Å². The van der Waals surface area contributed by atoms with Gasteiger partial charge in [0.25, 0.3) is 0 Å². The van der Waals surface area contributed by atoms with Crippen LogP contribution in [0.2, 0.25) is 0 Å². The second-order valence-electron chi connectivity index (χ2n) is 3.98. The number of benzene rings is 2. The zero-order valence-electron chi connectivity index (χ0n) is 10.5. The lowest BCUT2D eigenvalue weighted by Crippen LogP contribution is -1.97. The Balaban J connectivity index is 1.72. The maximum absolute atomic E-state index is 5.59. The minimum Gasteiger partial charge on any atom is -0.497 e. The molecule has 0 heterocycles. The summed E-state index contributed by atoms with van der Waals surface area (Å²) in [4.78, 5) is 0. The lowest BCUT2D eigenvalue weighted by atomic mass is 10.1. The Hall–Kier alpha value is -1.80. The maximum atomic E-state index is 5.59. The van der Waals surface area contributed by atoms with Crippen molar-refractivity contribution < 1.29 is 9.47 Å². The van der Waals surface area contributed by atoms with E-state index in [0.29, 0.717) is 13.2 Å². The van der Waals surface area contributed by atoms with Crippen molar-refractivity contribution in [1.29, 1.82) is 0 Å². The summed E-state index contributed by atoms with van der Waals surface area (Å²) in [5.74, 6) is 0.873. The Morgan fingerprint density at radius 1 is 0.944 bits per heavy atom. The zero-order chi connectivity index (χ0) is 12.6. The summed E-state index contributed by atoms with van der Waals surface area (Å²) in [6.07, 6.45) is 2.06. The highest BCUT2D eigenvalue weighted by atomic mass is 16.5. The van der Waals surface area contributed by atoms with Crippen LogP contribution in [0.25, 0.3) is 0 Å². The molecular weight excluding hydrogens is 224 g/mol. The minimum atomic E-state index is 0.612. The van der Waals surface area contributed by atoms with Crippen molar-refractivity contribution in [1.82, 2.24) is 0 Å². The third kappa shape index (κ3) is 3.90. The van der Waals surface area contributed by atoms with Crippen LogP contribution in [-0.2, 0) is 11.3 Å². The smallest absolute Gasteiger partial charge is 0.118 e. The van der Waals surface area contributed by atoms with Crippen LogP contribution >= 0.6 is 0 Å². The minimum absolute atomic E-state index is 0.612. The Morgan fingerprint density at radius 2 is 1.67 bits per heavy atom. The lowest BCUT2D eigenvalue weighted by Gasteiger charge is -2.05. The first-order chi connectivity index (χ1) is 8.88. The van der Waals surface area contributed by atoms with Crippen molar-refractivity contribution in [3.63, 3.8) is 0 Å². The van der Waals surface area contributed by atoms with Gasteiger partial charge in [-0.1, -0.05) is 42.5 Å². The first-order valence-corrected chi connectivity index (χ1v) is 5.97. The summed E-state index contributed by atoms with van der Waals surface area (Å²) in [5.41, 5.74) is 2.34. The summed E-state index contributed by atoms with van der Waals surface area (Å²) in [5, 5.41) is 0. The average Bonchev–Trinajstić information content (AvgIpc) is 2.45. The van der Waals surface area contributed by atoms with E-state index in [1.807, 2.05) is 42.5 Å². The fourth-order valence-corrected chi connectivity index (χ4v) is 1.65. The van der Waals surface area contributed by atoms with Crippen molar-refractivity contribution in [2.24, 2.45) is 0 Å². The predicted octanol–water partition coefficient (Wildman–Crippen LogP) is 3.46. The van der Waals surface area contributed by atoms with Gasteiger partial charge >= 0.3 is 0 Å². The summed E-state index contributed by atoms with van der Waals surface area (Å²) >= 11 is 0. The molecule has 0 aliphatic carbocycles. The van der Waals surface area contributed by atoms with E-state index in [-0.39, 0.29) is 0 Å². The molecule has 0 fully saturated rings. The second-order valence-corrected chi connectivity index (χ2v) is 3.98. The first-order valence-electron chi connectivity index (χ1n) is 5.97. The zero-order valence-corrected chi connectivity index (χ0v) is 10.5. The van der Waals surface area contributed by atoms with E-state index < -0.39 is 0 Å². The Labute approximate surface area is 108 Å². The molecule has 0 bridgehead atoms. The van der Waals surface area contributed by atoms with E-state index in [1.54, 1.807) is 7.11 Å². The van der Waals surface area contributed by atoms with Crippen LogP contribution in [0.1, 0.15) is 11.1 Å².